The van der Waals surface area contributed by atoms with Crippen LogP contribution in [0.4, 0.5) is 0 Å². The molecule has 1 aliphatic heterocycles. The summed E-state index contributed by atoms with van der Waals surface area (Å²) in [4.78, 5) is 5.35. The number of benzene rings is 11. The molecule has 3 nitrogen and oxygen atoms in total. The zero-order valence-electron chi connectivity index (χ0n) is 37.4. The summed E-state index contributed by atoms with van der Waals surface area (Å²) >= 11 is 0. The second-order valence-electron chi connectivity index (χ2n) is 18.1. The van der Waals surface area contributed by atoms with Crippen LogP contribution in [0.15, 0.2) is 249 Å². The Hall–Kier alpha value is -9.05. The third-order valence-electron chi connectivity index (χ3n) is 14.4. The van der Waals surface area contributed by atoms with Crippen LogP contribution in [-0.2, 0) is 5.41 Å². The first kappa shape index (κ1) is 39.1. The summed E-state index contributed by atoms with van der Waals surface area (Å²) in [5, 5.41) is 7.48. The number of hydrogen-bond acceptors (Lipinski definition) is 3. The monoisotopic (exact) mass is 879 g/mol. The second kappa shape index (κ2) is 15.5. The van der Waals surface area contributed by atoms with E-state index in [1.807, 2.05) is 6.07 Å². The van der Waals surface area contributed by atoms with Crippen molar-refractivity contribution in [3.05, 3.63) is 271 Å². The SMILES string of the molecule is c1ccc(-c2cc(-c3cccc(-c4ccc5c(c4)Oc4c(ccc6c4-c4ccccc4C6(c4ccccc4)c4ccccc4)O5)c3)cc(-c3ccc4c5ccccc5c5ccccc5c4c3)n2)cc1. The first-order valence-corrected chi connectivity index (χ1v) is 23.6. The van der Waals surface area contributed by atoms with Crippen molar-refractivity contribution >= 4 is 32.3 Å². The normalized spacial score (nSPS) is 13.0. The van der Waals surface area contributed by atoms with Gasteiger partial charge < -0.3 is 9.47 Å². The van der Waals surface area contributed by atoms with E-state index >= 15 is 0 Å². The number of fused-ring (bicyclic) bond motifs is 12. The molecule has 0 fully saturated rings. The molecule has 3 heteroatoms. The zero-order chi connectivity index (χ0) is 45.5. The van der Waals surface area contributed by atoms with Gasteiger partial charge in [0.2, 0.25) is 0 Å². The molecule has 0 spiro atoms. The Balaban J connectivity index is 0.871. The number of nitrogens with zero attached hydrogens (tertiary/aromatic N) is 1. The standard InChI is InChI=1S/C66H41NO2/c1-4-17-42(18-5-1)59-39-47(40-60(67-59)46-31-33-54-52-27-11-10-25-50(52)51-26-12-13-28-53(51)56(54)38-46)44-20-16-19-43(37-44)45-32-35-61-63(41-45)69-65-62(68-61)36-34-58-64(65)55-29-14-15-30-57(55)66(58,48-21-6-2-7-22-48)49-23-8-3-9-24-49/h1-41H. The number of rotatable bonds is 6. The number of hydrogen-bond donors (Lipinski definition) is 0. The molecule has 12 aromatic rings. The van der Waals surface area contributed by atoms with Crippen LogP contribution >= 0.6 is 0 Å². The van der Waals surface area contributed by atoms with E-state index in [1.165, 1.54) is 54.6 Å². The minimum atomic E-state index is -0.541. The molecule has 0 saturated heterocycles. The maximum Gasteiger partial charge on any atom is 0.178 e. The molecule has 0 saturated carbocycles. The van der Waals surface area contributed by atoms with Crippen LogP contribution in [0, 0.1) is 0 Å². The van der Waals surface area contributed by atoms with Crippen molar-refractivity contribution in [3.63, 3.8) is 0 Å². The molecule has 322 valence electrons. The molecule has 0 bridgehead atoms. The Morgan fingerprint density at radius 2 is 0.812 bits per heavy atom. The van der Waals surface area contributed by atoms with Gasteiger partial charge in [0, 0.05) is 16.7 Å². The maximum atomic E-state index is 7.10. The maximum absolute atomic E-state index is 7.10. The average molecular weight is 880 g/mol. The smallest absolute Gasteiger partial charge is 0.178 e. The van der Waals surface area contributed by atoms with E-state index in [2.05, 4.69) is 243 Å². The fraction of sp³-hybridized carbons (Fsp3) is 0.0152. The summed E-state index contributed by atoms with van der Waals surface area (Å²) in [6.45, 7) is 0. The van der Waals surface area contributed by atoms with Gasteiger partial charge in [0.15, 0.2) is 23.0 Å². The van der Waals surface area contributed by atoms with E-state index in [4.69, 9.17) is 14.5 Å². The predicted molar refractivity (Wildman–Crippen MR) is 282 cm³/mol. The van der Waals surface area contributed by atoms with Gasteiger partial charge in [-0.15, -0.1) is 0 Å². The molecule has 11 aromatic carbocycles. The Kier molecular flexibility index (Phi) is 8.80. The van der Waals surface area contributed by atoms with Gasteiger partial charge in [0.05, 0.1) is 16.8 Å². The molecule has 2 heterocycles. The van der Waals surface area contributed by atoms with E-state index in [1.54, 1.807) is 0 Å². The molecular weight excluding hydrogens is 839 g/mol. The van der Waals surface area contributed by atoms with Gasteiger partial charge >= 0.3 is 0 Å². The van der Waals surface area contributed by atoms with Crippen molar-refractivity contribution in [2.24, 2.45) is 0 Å². The van der Waals surface area contributed by atoms with Crippen LogP contribution in [0.25, 0.3) is 88.2 Å². The number of ether oxygens (including phenoxy) is 2. The van der Waals surface area contributed by atoms with Gasteiger partial charge in [-0.05, 0) is 125 Å². The molecule has 14 rings (SSSR count). The van der Waals surface area contributed by atoms with Crippen LogP contribution in [0.2, 0.25) is 0 Å². The molecule has 1 aromatic heterocycles. The quantitative estimate of drug-likeness (QED) is 0.156. The highest BCUT2D eigenvalue weighted by Crippen LogP contribution is 2.62. The minimum absolute atomic E-state index is 0.541. The van der Waals surface area contributed by atoms with E-state index in [9.17, 15) is 0 Å². The van der Waals surface area contributed by atoms with Crippen LogP contribution in [0.5, 0.6) is 23.0 Å². The second-order valence-corrected chi connectivity index (χ2v) is 18.1. The summed E-state index contributed by atoms with van der Waals surface area (Å²) in [7, 11) is 0. The van der Waals surface area contributed by atoms with Crippen molar-refractivity contribution in [1.82, 2.24) is 4.98 Å². The third-order valence-corrected chi connectivity index (χ3v) is 14.4. The van der Waals surface area contributed by atoms with E-state index in [0.717, 1.165) is 61.6 Å². The van der Waals surface area contributed by atoms with Crippen LogP contribution in [0.3, 0.4) is 0 Å². The largest absolute Gasteiger partial charge is 0.449 e. The molecule has 0 atom stereocenters. The van der Waals surface area contributed by atoms with E-state index in [0.29, 0.717) is 17.2 Å². The summed E-state index contributed by atoms with van der Waals surface area (Å²) in [6, 6.07) is 89.0. The average Bonchev–Trinajstić information content (AvgIpc) is 3.74. The molecule has 1 aliphatic carbocycles. The number of aromatic nitrogens is 1. The van der Waals surface area contributed by atoms with Crippen LogP contribution in [0.1, 0.15) is 22.3 Å². The van der Waals surface area contributed by atoms with Gasteiger partial charge in [-0.1, -0.05) is 206 Å². The van der Waals surface area contributed by atoms with Gasteiger partial charge in [-0.3, -0.25) is 0 Å². The highest BCUT2D eigenvalue weighted by atomic mass is 16.6. The molecule has 69 heavy (non-hydrogen) atoms. The van der Waals surface area contributed by atoms with Crippen LogP contribution < -0.4 is 9.47 Å². The number of pyridine rings is 1. The molecule has 0 radical (unpaired) electrons. The van der Waals surface area contributed by atoms with Crippen molar-refractivity contribution < 1.29 is 9.47 Å². The first-order chi connectivity index (χ1) is 34.2. The van der Waals surface area contributed by atoms with E-state index < -0.39 is 5.41 Å². The van der Waals surface area contributed by atoms with Gasteiger partial charge in [0.1, 0.15) is 0 Å². The predicted octanol–water partition coefficient (Wildman–Crippen LogP) is 17.5. The Labute approximate surface area is 400 Å². The van der Waals surface area contributed by atoms with Crippen molar-refractivity contribution in [1.29, 1.82) is 0 Å². The topological polar surface area (TPSA) is 31.4 Å². The Bertz CT molecular complexity index is 3940. The van der Waals surface area contributed by atoms with E-state index in [-0.39, 0.29) is 0 Å². The third kappa shape index (κ3) is 6.11. The summed E-state index contributed by atoms with van der Waals surface area (Å²) in [5.41, 5.74) is 14.8. The lowest BCUT2D eigenvalue weighted by Crippen LogP contribution is -2.28. The first-order valence-electron chi connectivity index (χ1n) is 23.6. The molecular formula is C66H41NO2. The molecule has 0 N–H and O–H groups in total. The summed E-state index contributed by atoms with van der Waals surface area (Å²) < 4.78 is 13.8. The highest BCUT2D eigenvalue weighted by Gasteiger charge is 2.48. The van der Waals surface area contributed by atoms with Gasteiger partial charge in [-0.2, -0.15) is 0 Å². The van der Waals surface area contributed by atoms with Gasteiger partial charge in [-0.25, -0.2) is 4.98 Å². The molecule has 0 amide bonds. The zero-order valence-corrected chi connectivity index (χ0v) is 37.4. The van der Waals surface area contributed by atoms with Crippen LogP contribution in [-0.4, -0.2) is 4.98 Å². The Morgan fingerprint density at radius 3 is 1.51 bits per heavy atom. The van der Waals surface area contributed by atoms with Crippen molar-refractivity contribution in [3.8, 4) is 78.9 Å². The molecule has 2 aliphatic rings. The van der Waals surface area contributed by atoms with Gasteiger partial charge in [0.25, 0.3) is 0 Å². The minimum Gasteiger partial charge on any atom is -0.449 e. The van der Waals surface area contributed by atoms with Crippen molar-refractivity contribution in [2.75, 3.05) is 0 Å². The lowest BCUT2D eigenvalue weighted by molar-refractivity contribution is 0.360. The Morgan fingerprint density at radius 1 is 0.290 bits per heavy atom. The molecule has 0 unspecified atom stereocenters. The summed E-state index contributed by atoms with van der Waals surface area (Å²) in [5.74, 6) is 2.81. The van der Waals surface area contributed by atoms with Crippen molar-refractivity contribution in [2.45, 2.75) is 5.41 Å². The highest BCUT2D eigenvalue weighted by molar-refractivity contribution is 6.25. The lowest BCUT2D eigenvalue weighted by atomic mass is 9.68. The lowest BCUT2D eigenvalue weighted by Gasteiger charge is -2.34. The fourth-order valence-corrected chi connectivity index (χ4v) is 11.3. The summed E-state index contributed by atoms with van der Waals surface area (Å²) in [6.07, 6.45) is 0. The fourth-order valence-electron chi connectivity index (χ4n) is 11.3.